The monoisotopic (exact) mass is 300 g/mol. The molecule has 116 valence electrons. The van der Waals surface area contributed by atoms with Crippen LogP contribution in [0.1, 0.15) is 11.1 Å². The number of rotatable bonds is 6. The van der Waals surface area contributed by atoms with Crippen molar-refractivity contribution in [1.29, 1.82) is 0 Å². The second kappa shape index (κ2) is 6.89. The van der Waals surface area contributed by atoms with Gasteiger partial charge in [0.2, 0.25) is 0 Å². The largest absolute Gasteiger partial charge is 0.496 e. The van der Waals surface area contributed by atoms with Gasteiger partial charge in [-0.15, -0.1) is 0 Å². The number of methoxy groups -OCH3 is 3. The minimum absolute atomic E-state index is 0.474. The van der Waals surface area contributed by atoms with Gasteiger partial charge in [-0.05, 0) is 25.1 Å². The fourth-order valence-corrected chi connectivity index (χ4v) is 2.05. The second-order valence-corrected chi connectivity index (χ2v) is 4.75. The maximum Gasteiger partial charge on any atom is 0.164 e. The number of benzene rings is 2. The smallest absolute Gasteiger partial charge is 0.164 e. The van der Waals surface area contributed by atoms with Crippen LogP contribution in [0.4, 0.5) is 0 Å². The van der Waals surface area contributed by atoms with Crippen LogP contribution in [-0.2, 0) is 0 Å². The molecule has 0 bridgehead atoms. The Morgan fingerprint density at radius 1 is 0.818 bits per heavy atom. The first-order valence-corrected chi connectivity index (χ1v) is 6.82. The molecule has 2 aromatic rings. The molecule has 0 fully saturated rings. The van der Waals surface area contributed by atoms with Gasteiger partial charge in [0, 0.05) is 6.07 Å². The van der Waals surface area contributed by atoms with E-state index in [-0.39, 0.29) is 0 Å². The van der Waals surface area contributed by atoms with Crippen molar-refractivity contribution in [2.45, 2.75) is 6.92 Å². The van der Waals surface area contributed by atoms with Gasteiger partial charge in [-0.1, -0.05) is 24.3 Å². The quantitative estimate of drug-likeness (QED) is 0.754. The van der Waals surface area contributed by atoms with Crippen molar-refractivity contribution >= 4 is 5.76 Å². The average molecular weight is 300 g/mol. The van der Waals surface area contributed by atoms with E-state index in [1.165, 1.54) is 5.56 Å². The zero-order valence-corrected chi connectivity index (χ0v) is 13.3. The van der Waals surface area contributed by atoms with E-state index in [2.05, 4.69) is 6.58 Å². The fourth-order valence-electron chi connectivity index (χ4n) is 2.05. The minimum atomic E-state index is 0.474. The van der Waals surface area contributed by atoms with E-state index in [9.17, 15) is 0 Å². The van der Waals surface area contributed by atoms with E-state index in [4.69, 9.17) is 18.9 Å². The molecule has 0 aliphatic rings. The van der Waals surface area contributed by atoms with Gasteiger partial charge in [-0.2, -0.15) is 0 Å². The van der Waals surface area contributed by atoms with Crippen molar-refractivity contribution in [3.63, 3.8) is 0 Å². The molecule has 0 N–H and O–H groups in total. The van der Waals surface area contributed by atoms with Gasteiger partial charge in [0.25, 0.3) is 0 Å². The summed E-state index contributed by atoms with van der Waals surface area (Å²) in [6.07, 6.45) is 0. The molecular weight excluding hydrogens is 280 g/mol. The Bertz CT molecular complexity index is 660. The summed E-state index contributed by atoms with van der Waals surface area (Å²) in [6, 6.07) is 11.3. The summed E-state index contributed by atoms with van der Waals surface area (Å²) < 4.78 is 21.8. The lowest BCUT2D eigenvalue weighted by atomic mass is 10.1. The lowest BCUT2D eigenvalue weighted by Gasteiger charge is -2.16. The molecule has 22 heavy (non-hydrogen) atoms. The van der Waals surface area contributed by atoms with Crippen LogP contribution in [0.3, 0.4) is 0 Å². The van der Waals surface area contributed by atoms with Crippen LogP contribution in [0.15, 0.2) is 43.0 Å². The van der Waals surface area contributed by atoms with Crippen LogP contribution >= 0.6 is 0 Å². The van der Waals surface area contributed by atoms with Crippen LogP contribution in [0, 0.1) is 6.92 Å². The summed E-state index contributed by atoms with van der Waals surface area (Å²) in [5.41, 5.74) is 1.88. The fraction of sp³-hybridized carbons (Fsp3) is 0.222. The number of aryl methyl sites for hydroxylation is 1. The molecule has 0 aliphatic carbocycles. The molecule has 0 aromatic heterocycles. The SMILES string of the molecule is C=C(Oc1ccc(C)cc1)c1cc(OC)c(OC)cc1OC. The van der Waals surface area contributed by atoms with Crippen LogP contribution < -0.4 is 18.9 Å². The molecule has 0 radical (unpaired) electrons. The highest BCUT2D eigenvalue weighted by Crippen LogP contribution is 2.38. The molecule has 0 spiro atoms. The number of ether oxygens (including phenoxy) is 4. The van der Waals surface area contributed by atoms with Gasteiger partial charge < -0.3 is 18.9 Å². The highest BCUT2D eigenvalue weighted by molar-refractivity contribution is 5.69. The summed E-state index contributed by atoms with van der Waals surface area (Å²) in [6.45, 7) is 6.01. The molecule has 0 unspecified atom stereocenters. The molecule has 0 aliphatic heterocycles. The van der Waals surface area contributed by atoms with Crippen molar-refractivity contribution in [3.8, 4) is 23.0 Å². The third-order valence-corrected chi connectivity index (χ3v) is 3.27. The van der Waals surface area contributed by atoms with Gasteiger partial charge in [-0.3, -0.25) is 0 Å². The van der Waals surface area contributed by atoms with Gasteiger partial charge >= 0.3 is 0 Å². The summed E-state index contributed by atoms with van der Waals surface area (Å²) in [5.74, 6) is 2.97. The number of hydrogen-bond donors (Lipinski definition) is 0. The van der Waals surface area contributed by atoms with Crippen molar-refractivity contribution < 1.29 is 18.9 Å². The van der Waals surface area contributed by atoms with Gasteiger partial charge in [0.1, 0.15) is 17.3 Å². The molecule has 4 heteroatoms. The Labute approximate surface area is 130 Å². The second-order valence-electron chi connectivity index (χ2n) is 4.75. The summed E-state index contributed by atoms with van der Waals surface area (Å²) in [5, 5.41) is 0. The first-order valence-electron chi connectivity index (χ1n) is 6.82. The van der Waals surface area contributed by atoms with E-state index in [1.807, 2.05) is 31.2 Å². The summed E-state index contributed by atoms with van der Waals surface area (Å²) in [7, 11) is 4.75. The topological polar surface area (TPSA) is 36.9 Å². The maximum absolute atomic E-state index is 5.80. The van der Waals surface area contributed by atoms with E-state index < -0.39 is 0 Å². The van der Waals surface area contributed by atoms with Crippen molar-refractivity contribution in [3.05, 3.63) is 54.1 Å². The molecular formula is C18H20O4. The van der Waals surface area contributed by atoms with E-state index in [1.54, 1.807) is 33.5 Å². The summed E-state index contributed by atoms with van der Waals surface area (Å²) >= 11 is 0. The molecule has 0 atom stereocenters. The van der Waals surface area contributed by atoms with Crippen molar-refractivity contribution in [2.24, 2.45) is 0 Å². The van der Waals surface area contributed by atoms with Crippen LogP contribution in [0.2, 0.25) is 0 Å². The maximum atomic E-state index is 5.80. The third kappa shape index (κ3) is 3.34. The van der Waals surface area contributed by atoms with Crippen molar-refractivity contribution in [1.82, 2.24) is 0 Å². The van der Waals surface area contributed by atoms with E-state index in [0.717, 1.165) is 0 Å². The molecule has 0 amide bonds. The Hall–Kier alpha value is -2.62. The molecule has 2 aromatic carbocycles. The van der Waals surface area contributed by atoms with Gasteiger partial charge in [0.05, 0.1) is 26.9 Å². The first kappa shape index (κ1) is 15.8. The van der Waals surface area contributed by atoms with E-state index >= 15 is 0 Å². The van der Waals surface area contributed by atoms with Crippen molar-refractivity contribution in [2.75, 3.05) is 21.3 Å². The highest BCUT2D eigenvalue weighted by atomic mass is 16.5. The average Bonchev–Trinajstić information content (AvgIpc) is 2.55. The third-order valence-electron chi connectivity index (χ3n) is 3.27. The predicted molar refractivity (Wildman–Crippen MR) is 86.9 cm³/mol. The highest BCUT2D eigenvalue weighted by Gasteiger charge is 2.15. The molecule has 2 rings (SSSR count). The molecule has 0 saturated heterocycles. The first-order chi connectivity index (χ1) is 10.6. The normalized spacial score (nSPS) is 10.0. The van der Waals surface area contributed by atoms with Gasteiger partial charge in [0.15, 0.2) is 11.5 Å². The predicted octanol–water partition coefficient (Wildman–Crippen LogP) is 4.07. The molecule has 0 saturated carbocycles. The van der Waals surface area contributed by atoms with Gasteiger partial charge in [-0.25, -0.2) is 0 Å². The van der Waals surface area contributed by atoms with Crippen LogP contribution in [-0.4, -0.2) is 21.3 Å². The lowest BCUT2D eigenvalue weighted by Crippen LogP contribution is -2.00. The molecule has 4 nitrogen and oxygen atoms in total. The standard InChI is InChI=1S/C18H20O4/c1-12-6-8-14(9-7-12)22-13(2)15-10-17(20-4)18(21-5)11-16(15)19-3/h6-11H,2H2,1,3-5H3. The minimum Gasteiger partial charge on any atom is -0.496 e. The van der Waals surface area contributed by atoms with E-state index in [0.29, 0.717) is 34.3 Å². The zero-order chi connectivity index (χ0) is 16.1. The Balaban J connectivity index is 2.33. The zero-order valence-electron chi connectivity index (χ0n) is 13.3. The Morgan fingerprint density at radius 2 is 1.36 bits per heavy atom. The molecule has 0 heterocycles. The van der Waals surface area contributed by atoms with Crippen LogP contribution in [0.5, 0.6) is 23.0 Å². The Morgan fingerprint density at radius 3 is 1.91 bits per heavy atom. The van der Waals surface area contributed by atoms with Crippen LogP contribution in [0.25, 0.3) is 5.76 Å². The number of hydrogen-bond acceptors (Lipinski definition) is 4. The lowest BCUT2D eigenvalue weighted by molar-refractivity contribution is 0.348. The Kier molecular flexibility index (Phi) is 4.94. The summed E-state index contributed by atoms with van der Waals surface area (Å²) in [4.78, 5) is 0.